The molecular formula is C17H15Cl2F3N6OS. The van der Waals surface area contributed by atoms with Crippen molar-refractivity contribution in [2.45, 2.75) is 24.8 Å². The van der Waals surface area contributed by atoms with E-state index in [2.05, 4.69) is 20.6 Å². The van der Waals surface area contributed by atoms with Crippen molar-refractivity contribution in [2.24, 2.45) is 7.05 Å². The summed E-state index contributed by atoms with van der Waals surface area (Å²) in [4.78, 5) is 12.2. The van der Waals surface area contributed by atoms with Crippen LogP contribution < -0.4 is 5.32 Å². The number of thioether (sulfide) groups is 1. The van der Waals surface area contributed by atoms with E-state index in [1.54, 1.807) is 19.1 Å². The van der Waals surface area contributed by atoms with Crippen LogP contribution in [0.2, 0.25) is 10.0 Å². The number of carbonyl (C=O) groups is 1. The van der Waals surface area contributed by atoms with Crippen LogP contribution in [0, 0.1) is 0 Å². The lowest BCUT2D eigenvalue weighted by atomic mass is 10.2. The number of hydrogen-bond donors (Lipinski definition) is 1. The van der Waals surface area contributed by atoms with E-state index >= 15 is 0 Å². The molecule has 3 aromatic rings. The first-order chi connectivity index (χ1) is 14.1. The van der Waals surface area contributed by atoms with Crippen molar-refractivity contribution >= 4 is 46.6 Å². The van der Waals surface area contributed by atoms with E-state index in [-0.39, 0.29) is 28.1 Å². The van der Waals surface area contributed by atoms with Gasteiger partial charge < -0.3 is 9.88 Å². The molecule has 7 nitrogen and oxygen atoms in total. The van der Waals surface area contributed by atoms with Gasteiger partial charge >= 0.3 is 6.18 Å². The summed E-state index contributed by atoms with van der Waals surface area (Å²) in [6, 6.07) is 4.65. The summed E-state index contributed by atoms with van der Waals surface area (Å²) in [5.74, 6) is -0.383. The van der Waals surface area contributed by atoms with Crippen LogP contribution in [0.4, 0.5) is 18.9 Å². The summed E-state index contributed by atoms with van der Waals surface area (Å²) in [6.07, 6.45) is -3.50. The number of rotatable bonds is 6. The van der Waals surface area contributed by atoms with Crippen LogP contribution in [-0.4, -0.2) is 36.2 Å². The van der Waals surface area contributed by atoms with Crippen LogP contribution in [0.15, 0.2) is 29.6 Å². The normalized spacial score (nSPS) is 11.7. The molecule has 2 heterocycles. The maximum absolute atomic E-state index is 13.4. The number of hydrogen-bond acceptors (Lipinski definition) is 5. The molecule has 1 N–H and O–H groups in total. The zero-order valence-corrected chi connectivity index (χ0v) is 18.0. The molecule has 0 saturated carbocycles. The highest BCUT2D eigenvalue weighted by molar-refractivity contribution is 7.99. The molecule has 160 valence electrons. The molecule has 0 unspecified atom stereocenters. The Balaban J connectivity index is 1.78. The van der Waals surface area contributed by atoms with Gasteiger partial charge in [-0.2, -0.15) is 18.3 Å². The predicted octanol–water partition coefficient (Wildman–Crippen LogP) is 4.75. The van der Waals surface area contributed by atoms with E-state index in [4.69, 9.17) is 23.2 Å². The first-order valence-electron chi connectivity index (χ1n) is 8.52. The van der Waals surface area contributed by atoms with Gasteiger partial charge in [-0.3, -0.25) is 9.48 Å². The van der Waals surface area contributed by atoms with Crippen molar-refractivity contribution in [3.63, 3.8) is 0 Å². The molecule has 0 bridgehead atoms. The molecule has 13 heteroatoms. The number of halogens is 5. The van der Waals surface area contributed by atoms with Crippen LogP contribution in [-0.2, 0) is 24.6 Å². The van der Waals surface area contributed by atoms with Gasteiger partial charge in [0.15, 0.2) is 16.7 Å². The molecule has 0 aliphatic heterocycles. The van der Waals surface area contributed by atoms with Crippen molar-refractivity contribution < 1.29 is 18.0 Å². The quantitative estimate of drug-likeness (QED) is 0.517. The van der Waals surface area contributed by atoms with Gasteiger partial charge in [-0.15, -0.1) is 10.2 Å². The summed E-state index contributed by atoms with van der Waals surface area (Å²) in [6.45, 7) is 2.05. The second kappa shape index (κ2) is 8.86. The standard InChI is InChI=1S/C17H15Cl2F3N6OS/c1-3-28-15(10-7-23-27(2)14(10)17(20,21)22)25-26-16(28)30-8-13(29)24-12-5-4-9(18)6-11(12)19/h4-7H,3,8H2,1-2H3,(H,24,29). The fourth-order valence-electron chi connectivity index (χ4n) is 2.72. The molecule has 0 atom stereocenters. The maximum Gasteiger partial charge on any atom is 0.433 e. The average Bonchev–Trinajstić information content (AvgIpc) is 3.24. The fourth-order valence-corrected chi connectivity index (χ4v) is 3.98. The molecule has 1 aromatic carbocycles. The van der Waals surface area contributed by atoms with E-state index in [1.807, 2.05) is 0 Å². The highest BCUT2D eigenvalue weighted by Crippen LogP contribution is 2.37. The Morgan fingerprint density at radius 3 is 2.63 bits per heavy atom. The van der Waals surface area contributed by atoms with Gasteiger partial charge in [0.1, 0.15) is 0 Å². The van der Waals surface area contributed by atoms with Crippen molar-refractivity contribution in [2.75, 3.05) is 11.1 Å². The van der Waals surface area contributed by atoms with E-state index in [1.165, 1.54) is 17.7 Å². The van der Waals surface area contributed by atoms with E-state index in [9.17, 15) is 18.0 Å². The third-order valence-corrected chi connectivity index (χ3v) is 5.53. The minimum atomic E-state index is -4.60. The Bertz CT molecular complexity index is 1080. The number of carbonyl (C=O) groups excluding carboxylic acids is 1. The molecule has 0 fully saturated rings. The number of aromatic nitrogens is 5. The summed E-state index contributed by atoms with van der Waals surface area (Å²) < 4.78 is 42.4. The maximum atomic E-state index is 13.4. The molecule has 3 rings (SSSR count). The first kappa shape index (κ1) is 22.4. The number of nitrogens with one attached hydrogen (secondary N) is 1. The predicted molar refractivity (Wildman–Crippen MR) is 109 cm³/mol. The van der Waals surface area contributed by atoms with Crippen LogP contribution in [0.25, 0.3) is 11.4 Å². The average molecular weight is 479 g/mol. The van der Waals surface area contributed by atoms with Crippen LogP contribution in [0.1, 0.15) is 12.6 Å². The first-order valence-corrected chi connectivity index (χ1v) is 10.3. The Labute approximate surface area is 183 Å². The fraction of sp³-hybridized carbons (Fsp3) is 0.294. The number of aryl methyl sites for hydroxylation is 1. The lowest BCUT2D eigenvalue weighted by Crippen LogP contribution is -2.15. The Hall–Kier alpha value is -2.24. The SMILES string of the molecule is CCn1c(SCC(=O)Nc2ccc(Cl)cc2Cl)nnc1-c1cnn(C)c1C(F)(F)F. The number of amides is 1. The number of nitrogens with zero attached hydrogens (tertiary/aromatic N) is 5. The Kier molecular flexibility index (Phi) is 6.63. The third-order valence-electron chi connectivity index (χ3n) is 4.02. The summed E-state index contributed by atoms with van der Waals surface area (Å²) in [5.41, 5.74) is -0.700. The van der Waals surface area contributed by atoms with E-state index in [0.29, 0.717) is 22.4 Å². The largest absolute Gasteiger partial charge is 0.433 e. The molecular weight excluding hydrogens is 464 g/mol. The van der Waals surface area contributed by atoms with Crippen LogP contribution in [0.5, 0.6) is 0 Å². The highest BCUT2D eigenvalue weighted by Gasteiger charge is 2.39. The van der Waals surface area contributed by atoms with Gasteiger partial charge in [-0.05, 0) is 25.1 Å². The molecule has 0 aliphatic rings. The molecule has 0 spiro atoms. The molecule has 0 radical (unpaired) electrons. The smallest absolute Gasteiger partial charge is 0.324 e. The number of alkyl halides is 3. The summed E-state index contributed by atoms with van der Waals surface area (Å²) in [7, 11) is 1.21. The number of benzene rings is 1. The zero-order valence-electron chi connectivity index (χ0n) is 15.7. The van der Waals surface area contributed by atoms with Crippen molar-refractivity contribution in [3.05, 3.63) is 40.1 Å². The third kappa shape index (κ3) is 4.73. The van der Waals surface area contributed by atoms with Gasteiger partial charge in [-0.25, -0.2) is 0 Å². The lowest BCUT2D eigenvalue weighted by Gasteiger charge is -2.11. The van der Waals surface area contributed by atoms with Crippen molar-refractivity contribution in [3.8, 4) is 11.4 Å². The number of anilines is 1. The molecule has 0 aliphatic carbocycles. The Morgan fingerprint density at radius 1 is 1.27 bits per heavy atom. The summed E-state index contributed by atoms with van der Waals surface area (Å²) in [5, 5.41) is 15.2. The molecule has 30 heavy (non-hydrogen) atoms. The minimum Gasteiger partial charge on any atom is -0.324 e. The highest BCUT2D eigenvalue weighted by atomic mass is 35.5. The van der Waals surface area contributed by atoms with Crippen molar-refractivity contribution in [1.29, 1.82) is 0 Å². The van der Waals surface area contributed by atoms with Gasteiger partial charge in [0.2, 0.25) is 5.91 Å². The zero-order chi connectivity index (χ0) is 22.1. The van der Waals surface area contributed by atoms with Crippen LogP contribution >= 0.6 is 35.0 Å². The van der Waals surface area contributed by atoms with Crippen LogP contribution in [0.3, 0.4) is 0 Å². The summed E-state index contributed by atoms with van der Waals surface area (Å²) >= 11 is 12.9. The van der Waals surface area contributed by atoms with E-state index < -0.39 is 11.9 Å². The Morgan fingerprint density at radius 2 is 2.00 bits per heavy atom. The van der Waals surface area contributed by atoms with Crippen molar-refractivity contribution in [1.82, 2.24) is 24.5 Å². The second-order valence-electron chi connectivity index (χ2n) is 6.04. The molecule has 0 saturated heterocycles. The van der Waals surface area contributed by atoms with E-state index in [0.717, 1.165) is 22.6 Å². The molecule has 1 amide bonds. The topological polar surface area (TPSA) is 77.6 Å². The van der Waals surface area contributed by atoms with Gasteiger partial charge in [0, 0.05) is 18.6 Å². The molecule has 2 aromatic heterocycles. The monoisotopic (exact) mass is 478 g/mol. The lowest BCUT2D eigenvalue weighted by molar-refractivity contribution is -0.143. The second-order valence-corrected chi connectivity index (χ2v) is 7.83. The minimum absolute atomic E-state index is 0.0292. The van der Waals surface area contributed by atoms with Gasteiger partial charge in [-0.1, -0.05) is 35.0 Å². The van der Waals surface area contributed by atoms with Gasteiger partial charge in [0.05, 0.1) is 28.2 Å². The van der Waals surface area contributed by atoms with Gasteiger partial charge in [0.25, 0.3) is 0 Å².